The minimum atomic E-state index is -1.28. The van der Waals surface area contributed by atoms with Crippen LogP contribution in [0.2, 0.25) is 0 Å². The third kappa shape index (κ3) is 1.57. The van der Waals surface area contributed by atoms with Crippen molar-refractivity contribution < 1.29 is 14.9 Å². The molecule has 0 saturated carbocycles. The van der Waals surface area contributed by atoms with Crippen LogP contribution in [0, 0.1) is 0 Å². The molecule has 1 heterocycles. The number of hydrogen-bond donors (Lipinski definition) is 2. The molecule has 3 nitrogen and oxygen atoms in total. The topological polar surface area (TPSA) is 49.7 Å². The second-order valence-electron chi connectivity index (χ2n) is 2.99. The van der Waals surface area contributed by atoms with Gasteiger partial charge in [0.05, 0.1) is 5.22 Å². The number of hydrogen-bond acceptors (Lipinski definition) is 3. The standard InChI is InChI=1S/C6H14O3Si/c7-5(8)6(10)3-1-2-4-9-6/h5,7-8H,1-4H2,10H3. The van der Waals surface area contributed by atoms with Crippen molar-refractivity contribution in [3.05, 3.63) is 0 Å². The summed E-state index contributed by atoms with van der Waals surface area (Å²) in [5, 5.41) is 17.2. The molecular formula is C6H14O3Si. The van der Waals surface area contributed by atoms with E-state index in [0.717, 1.165) is 19.3 Å². The Morgan fingerprint density at radius 2 is 2.10 bits per heavy atom. The monoisotopic (exact) mass is 162 g/mol. The predicted molar refractivity (Wildman–Crippen MR) is 40.7 cm³/mol. The van der Waals surface area contributed by atoms with E-state index in [1.807, 2.05) is 0 Å². The van der Waals surface area contributed by atoms with Gasteiger partial charge in [-0.05, 0) is 19.3 Å². The van der Waals surface area contributed by atoms with E-state index in [9.17, 15) is 0 Å². The molecule has 4 heteroatoms. The summed E-state index contributed by atoms with van der Waals surface area (Å²) in [6.07, 6.45) is 1.63. The van der Waals surface area contributed by atoms with Crippen LogP contribution in [0.25, 0.3) is 0 Å². The highest BCUT2D eigenvalue weighted by Gasteiger charge is 2.34. The lowest BCUT2D eigenvalue weighted by Crippen LogP contribution is -2.47. The Morgan fingerprint density at radius 3 is 2.40 bits per heavy atom. The van der Waals surface area contributed by atoms with Gasteiger partial charge in [0.2, 0.25) is 0 Å². The molecule has 1 saturated heterocycles. The van der Waals surface area contributed by atoms with Gasteiger partial charge in [-0.1, -0.05) is 0 Å². The lowest BCUT2D eigenvalue weighted by Gasteiger charge is -2.35. The summed E-state index contributed by atoms with van der Waals surface area (Å²) in [7, 11) is 0.692. The minimum absolute atomic E-state index is 0.571. The van der Waals surface area contributed by atoms with E-state index in [1.165, 1.54) is 0 Å². The molecule has 0 bridgehead atoms. The van der Waals surface area contributed by atoms with Gasteiger partial charge in [0.1, 0.15) is 0 Å². The van der Waals surface area contributed by atoms with E-state index < -0.39 is 11.5 Å². The average Bonchev–Trinajstić information content (AvgIpc) is 1.89. The molecule has 1 rings (SSSR count). The molecule has 1 unspecified atom stereocenters. The third-order valence-corrected chi connectivity index (χ3v) is 3.35. The van der Waals surface area contributed by atoms with Gasteiger partial charge in [-0.3, -0.25) is 0 Å². The number of aliphatic hydroxyl groups is 2. The van der Waals surface area contributed by atoms with E-state index in [1.54, 1.807) is 0 Å². The van der Waals surface area contributed by atoms with Crippen molar-refractivity contribution in [2.45, 2.75) is 30.8 Å². The van der Waals surface area contributed by atoms with Crippen LogP contribution in [0.15, 0.2) is 0 Å². The maximum absolute atomic E-state index is 8.90. The van der Waals surface area contributed by atoms with Gasteiger partial charge in [0.25, 0.3) is 0 Å². The van der Waals surface area contributed by atoms with Crippen LogP contribution in [0.3, 0.4) is 0 Å². The quantitative estimate of drug-likeness (QED) is 0.367. The maximum atomic E-state index is 8.90. The molecule has 1 aliphatic rings. The predicted octanol–water partition coefficient (Wildman–Crippen LogP) is -1.44. The Balaban J connectivity index is 2.48. The molecule has 0 aromatic rings. The highest BCUT2D eigenvalue weighted by atomic mass is 28.1. The third-order valence-electron chi connectivity index (χ3n) is 2.05. The van der Waals surface area contributed by atoms with Crippen molar-refractivity contribution in [2.24, 2.45) is 0 Å². The summed E-state index contributed by atoms with van der Waals surface area (Å²) >= 11 is 0. The summed E-state index contributed by atoms with van der Waals surface area (Å²) in [6, 6.07) is 0. The highest BCUT2D eigenvalue weighted by molar-refractivity contribution is 6.14. The zero-order chi connectivity index (χ0) is 7.61. The SMILES string of the molecule is OC(O)C1([SiH3])CCCCO1. The van der Waals surface area contributed by atoms with E-state index in [2.05, 4.69) is 0 Å². The van der Waals surface area contributed by atoms with Crippen molar-refractivity contribution in [1.29, 1.82) is 0 Å². The van der Waals surface area contributed by atoms with Crippen LogP contribution in [-0.2, 0) is 4.74 Å². The Hall–Kier alpha value is 0.0969. The summed E-state index contributed by atoms with van der Waals surface area (Å²) in [6.45, 7) is 0.682. The first kappa shape index (κ1) is 8.20. The van der Waals surface area contributed by atoms with Crippen LogP contribution in [-0.4, -0.2) is 38.6 Å². The van der Waals surface area contributed by atoms with E-state index in [4.69, 9.17) is 14.9 Å². The van der Waals surface area contributed by atoms with Gasteiger partial charge in [-0.2, -0.15) is 0 Å². The molecule has 10 heavy (non-hydrogen) atoms. The molecular weight excluding hydrogens is 148 g/mol. The number of aliphatic hydroxyl groups excluding tert-OH is 1. The van der Waals surface area contributed by atoms with Crippen LogP contribution < -0.4 is 0 Å². The van der Waals surface area contributed by atoms with Gasteiger partial charge in [-0.25, -0.2) is 0 Å². The molecule has 0 spiro atoms. The van der Waals surface area contributed by atoms with Crippen molar-refractivity contribution in [2.75, 3.05) is 6.61 Å². The molecule has 1 fully saturated rings. The van der Waals surface area contributed by atoms with E-state index in [-0.39, 0.29) is 0 Å². The first-order chi connectivity index (χ1) is 4.65. The largest absolute Gasteiger partial charge is 0.374 e. The van der Waals surface area contributed by atoms with E-state index >= 15 is 0 Å². The number of ether oxygens (including phenoxy) is 1. The van der Waals surface area contributed by atoms with Crippen LogP contribution in [0.4, 0.5) is 0 Å². The van der Waals surface area contributed by atoms with Gasteiger partial charge in [-0.15, -0.1) is 0 Å². The smallest absolute Gasteiger partial charge is 0.177 e. The molecule has 1 atom stereocenters. The Morgan fingerprint density at radius 1 is 1.40 bits per heavy atom. The lowest BCUT2D eigenvalue weighted by molar-refractivity contribution is -0.182. The van der Waals surface area contributed by atoms with Crippen molar-refractivity contribution in [3.63, 3.8) is 0 Å². The van der Waals surface area contributed by atoms with Crippen molar-refractivity contribution in [3.8, 4) is 0 Å². The molecule has 0 amide bonds. The molecule has 0 aromatic heterocycles. The first-order valence-electron chi connectivity index (χ1n) is 3.65. The molecule has 1 aliphatic heterocycles. The normalized spacial score (nSPS) is 35.1. The fraction of sp³-hybridized carbons (Fsp3) is 1.00. The Kier molecular flexibility index (Phi) is 2.46. The van der Waals surface area contributed by atoms with Crippen molar-refractivity contribution >= 4 is 10.2 Å². The van der Waals surface area contributed by atoms with Gasteiger partial charge in [0, 0.05) is 16.8 Å². The summed E-state index contributed by atoms with van der Waals surface area (Å²) < 4.78 is 5.29. The molecule has 0 radical (unpaired) electrons. The molecule has 0 aromatic carbocycles. The second-order valence-corrected chi connectivity index (χ2v) is 4.68. The fourth-order valence-corrected chi connectivity index (χ4v) is 1.72. The van der Waals surface area contributed by atoms with E-state index in [0.29, 0.717) is 16.8 Å². The molecule has 60 valence electrons. The maximum Gasteiger partial charge on any atom is 0.177 e. The lowest BCUT2D eigenvalue weighted by atomic mass is 10.1. The van der Waals surface area contributed by atoms with Crippen LogP contribution in [0.1, 0.15) is 19.3 Å². The molecule has 0 aliphatic carbocycles. The summed E-state index contributed by atoms with van der Waals surface area (Å²) in [5.41, 5.74) is 0. The Bertz CT molecular complexity index is 110. The van der Waals surface area contributed by atoms with Gasteiger partial charge >= 0.3 is 0 Å². The highest BCUT2D eigenvalue weighted by Crippen LogP contribution is 2.23. The zero-order valence-electron chi connectivity index (χ0n) is 6.21. The summed E-state index contributed by atoms with van der Waals surface area (Å²) in [5.74, 6) is 0. The average molecular weight is 162 g/mol. The Labute approximate surface area is 63.4 Å². The summed E-state index contributed by atoms with van der Waals surface area (Å²) in [4.78, 5) is 0. The van der Waals surface area contributed by atoms with Crippen molar-refractivity contribution in [1.82, 2.24) is 0 Å². The van der Waals surface area contributed by atoms with Crippen LogP contribution >= 0.6 is 0 Å². The van der Waals surface area contributed by atoms with Gasteiger partial charge in [0.15, 0.2) is 6.29 Å². The zero-order valence-corrected chi connectivity index (χ0v) is 8.21. The van der Waals surface area contributed by atoms with Crippen LogP contribution in [0.5, 0.6) is 0 Å². The minimum Gasteiger partial charge on any atom is -0.374 e. The number of rotatable bonds is 1. The fourth-order valence-electron chi connectivity index (χ4n) is 1.16. The second kappa shape index (κ2) is 3.00. The molecule has 2 N–H and O–H groups in total. The van der Waals surface area contributed by atoms with Gasteiger partial charge < -0.3 is 14.9 Å². The first-order valence-corrected chi connectivity index (χ1v) is 4.65.